The number of anilines is 2. The summed E-state index contributed by atoms with van der Waals surface area (Å²) in [7, 11) is 0. The third kappa shape index (κ3) is 5.55. The van der Waals surface area contributed by atoms with E-state index in [-0.39, 0.29) is 0 Å². The van der Waals surface area contributed by atoms with Gasteiger partial charge in [0.05, 0.1) is 17.8 Å². The van der Waals surface area contributed by atoms with Gasteiger partial charge in [-0.25, -0.2) is 0 Å². The molecule has 1 aromatic heterocycles. The molecule has 0 saturated heterocycles. The van der Waals surface area contributed by atoms with Gasteiger partial charge in [0.2, 0.25) is 0 Å². The highest BCUT2D eigenvalue weighted by Crippen LogP contribution is 2.21. The predicted octanol–water partition coefficient (Wildman–Crippen LogP) is 5.91. The van der Waals surface area contributed by atoms with Crippen molar-refractivity contribution in [2.75, 3.05) is 10.6 Å². The van der Waals surface area contributed by atoms with E-state index in [1.54, 1.807) is 17.1 Å². The first kappa shape index (κ1) is 19.4. The van der Waals surface area contributed by atoms with E-state index in [1.807, 2.05) is 18.2 Å². The van der Waals surface area contributed by atoms with Gasteiger partial charge in [0.1, 0.15) is 0 Å². The second-order valence-electron chi connectivity index (χ2n) is 6.57. The molecule has 0 radical (unpaired) electrons. The van der Waals surface area contributed by atoms with Crippen molar-refractivity contribution in [1.82, 2.24) is 9.78 Å². The minimum Gasteiger partial charge on any atom is -0.332 e. The monoisotopic (exact) mass is 398 g/mol. The van der Waals surface area contributed by atoms with Gasteiger partial charge in [-0.15, -0.1) is 0 Å². The summed E-state index contributed by atoms with van der Waals surface area (Å²) >= 11 is 11.4. The van der Waals surface area contributed by atoms with Gasteiger partial charge in [-0.1, -0.05) is 49.7 Å². The molecule has 0 amide bonds. The van der Waals surface area contributed by atoms with Crippen molar-refractivity contribution in [2.45, 2.75) is 32.7 Å². The Hall–Kier alpha value is -2.37. The van der Waals surface area contributed by atoms with Crippen LogP contribution in [0.1, 0.15) is 37.3 Å². The van der Waals surface area contributed by atoms with Crippen LogP contribution in [0.3, 0.4) is 0 Å². The Bertz CT molecular complexity index is 905. The standard InChI is InChI=1S/C21H23ClN4S/c1-3-15(2)17-7-9-19(10-8-17)24-21(27)25-20-6-4-5-16(11-20)13-26-14-18(22)12-23-26/h4-12,14-15H,3,13H2,1-2H3,(H2,24,25,27). The van der Waals surface area contributed by atoms with E-state index in [0.29, 0.717) is 22.6 Å². The highest BCUT2D eigenvalue weighted by Gasteiger charge is 2.05. The van der Waals surface area contributed by atoms with E-state index in [4.69, 9.17) is 23.8 Å². The number of aromatic nitrogens is 2. The molecule has 6 heteroatoms. The zero-order valence-electron chi connectivity index (χ0n) is 15.4. The van der Waals surface area contributed by atoms with Crippen molar-refractivity contribution in [3.8, 4) is 0 Å². The molecule has 2 aromatic carbocycles. The zero-order chi connectivity index (χ0) is 19.2. The van der Waals surface area contributed by atoms with Crippen LogP contribution in [0.25, 0.3) is 0 Å². The smallest absolute Gasteiger partial charge is 0.175 e. The molecule has 2 N–H and O–H groups in total. The van der Waals surface area contributed by atoms with E-state index >= 15 is 0 Å². The third-order valence-corrected chi connectivity index (χ3v) is 4.88. The summed E-state index contributed by atoms with van der Waals surface area (Å²) in [5, 5.41) is 11.9. The average Bonchev–Trinajstić information content (AvgIpc) is 3.06. The van der Waals surface area contributed by atoms with Crippen molar-refractivity contribution in [1.29, 1.82) is 0 Å². The summed E-state index contributed by atoms with van der Waals surface area (Å²) in [6, 6.07) is 16.5. The lowest BCUT2D eigenvalue weighted by Gasteiger charge is -2.13. The molecule has 0 bridgehead atoms. The van der Waals surface area contributed by atoms with Crippen molar-refractivity contribution in [3.63, 3.8) is 0 Å². The van der Waals surface area contributed by atoms with E-state index < -0.39 is 0 Å². The SMILES string of the molecule is CCC(C)c1ccc(NC(=S)Nc2cccc(Cn3cc(Cl)cn3)c2)cc1. The summed E-state index contributed by atoms with van der Waals surface area (Å²) in [6.07, 6.45) is 4.57. The van der Waals surface area contributed by atoms with Gasteiger partial charge in [-0.3, -0.25) is 4.68 Å². The molecular weight excluding hydrogens is 376 g/mol. The molecule has 1 unspecified atom stereocenters. The normalized spacial score (nSPS) is 11.8. The Morgan fingerprint density at radius 3 is 2.56 bits per heavy atom. The Morgan fingerprint density at radius 2 is 1.89 bits per heavy atom. The molecule has 4 nitrogen and oxygen atoms in total. The maximum absolute atomic E-state index is 5.92. The van der Waals surface area contributed by atoms with Crippen LogP contribution in [0, 0.1) is 0 Å². The topological polar surface area (TPSA) is 41.9 Å². The molecule has 0 aliphatic rings. The Morgan fingerprint density at radius 1 is 1.15 bits per heavy atom. The molecule has 3 aromatic rings. The van der Waals surface area contributed by atoms with Crippen LogP contribution >= 0.6 is 23.8 Å². The average molecular weight is 399 g/mol. The minimum absolute atomic E-state index is 0.561. The molecule has 0 spiro atoms. The van der Waals surface area contributed by atoms with Gasteiger partial charge in [0.25, 0.3) is 0 Å². The summed E-state index contributed by atoms with van der Waals surface area (Å²) in [4.78, 5) is 0. The van der Waals surface area contributed by atoms with Crippen LogP contribution in [0.15, 0.2) is 60.9 Å². The van der Waals surface area contributed by atoms with Crippen molar-refractivity contribution in [2.24, 2.45) is 0 Å². The second-order valence-corrected chi connectivity index (χ2v) is 7.41. The van der Waals surface area contributed by atoms with Crippen LogP contribution in [-0.2, 0) is 6.54 Å². The second kappa shape index (κ2) is 9.02. The fourth-order valence-electron chi connectivity index (χ4n) is 2.78. The van der Waals surface area contributed by atoms with E-state index in [0.717, 1.165) is 23.4 Å². The molecular formula is C21H23ClN4S. The molecule has 1 atom stereocenters. The number of rotatable bonds is 6. The Balaban J connectivity index is 1.59. The fraction of sp³-hybridized carbons (Fsp3) is 0.238. The minimum atomic E-state index is 0.561. The number of hydrogen-bond acceptors (Lipinski definition) is 2. The van der Waals surface area contributed by atoms with Gasteiger partial charge in [0.15, 0.2) is 5.11 Å². The van der Waals surface area contributed by atoms with Crippen LogP contribution in [-0.4, -0.2) is 14.9 Å². The number of benzene rings is 2. The molecule has 0 aliphatic carbocycles. The first-order valence-electron chi connectivity index (χ1n) is 8.98. The Labute approximate surface area is 170 Å². The third-order valence-electron chi connectivity index (χ3n) is 4.48. The fourth-order valence-corrected chi connectivity index (χ4v) is 3.18. The maximum atomic E-state index is 5.92. The van der Waals surface area contributed by atoms with E-state index in [2.05, 4.69) is 59.9 Å². The summed E-state index contributed by atoms with van der Waals surface area (Å²) in [6.45, 7) is 5.09. The Kier molecular flexibility index (Phi) is 6.48. The van der Waals surface area contributed by atoms with Crippen LogP contribution in [0.4, 0.5) is 11.4 Å². The molecule has 0 fully saturated rings. The summed E-state index contributed by atoms with van der Waals surface area (Å²) in [5.41, 5.74) is 4.36. The number of hydrogen-bond donors (Lipinski definition) is 2. The lowest BCUT2D eigenvalue weighted by atomic mass is 9.99. The van der Waals surface area contributed by atoms with Gasteiger partial charge in [-0.2, -0.15) is 5.10 Å². The molecule has 27 heavy (non-hydrogen) atoms. The maximum Gasteiger partial charge on any atom is 0.175 e. The lowest BCUT2D eigenvalue weighted by Crippen LogP contribution is -2.19. The predicted molar refractivity (Wildman–Crippen MR) is 118 cm³/mol. The number of thiocarbonyl (C=S) groups is 1. The lowest BCUT2D eigenvalue weighted by molar-refractivity contribution is 0.687. The van der Waals surface area contributed by atoms with Gasteiger partial charge >= 0.3 is 0 Å². The van der Waals surface area contributed by atoms with Crippen LogP contribution < -0.4 is 10.6 Å². The van der Waals surface area contributed by atoms with E-state index in [9.17, 15) is 0 Å². The quantitative estimate of drug-likeness (QED) is 0.506. The molecule has 0 aliphatic heterocycles. The number of nitrogens with one attached hydrogen (secondary N) is 2. The highest BCUT2D eigenvalue weighted by molar-refractivity contribution is 7.80. The largest absolute Gasteiger partial charge is 0.332 e. The molecule has 140 valence electrons. The first-order chi connectivity index (χ1) is 13.0. The van der Waals surface area contributed by atoms with Gasteiger partial charge in [0, 0.05) is 17.6 Å². The van der Waals surface area contributed by atoms with E-state index in [1.165, 1.54) is 5.56 Å². The summed E-state index contributed by atoms with van der Waals surface area (Å²) < 4.78 is 1.80. The van der Waals surface area contributed by atoms with Gasteiger partial charge < -0.3 is 10.6 Å². The highest BCUT2D eigenvalue weighted by atomic mass is 35.5. The summed E-state index contributed by atoms with van der Waals surface area (Å²) in [5.74, 6) is 0.566. The van der Waals surface area contributed by atoms with Crippen molar-refractivity contribution < 1.29 is 0 Å². The van der Waals surface area contributed by atoms with Gasteiger partial charge in [-0.05, 0) is 59.9 Å². The number of halogens is 1. The molecule has 0 saturated carbocycles. The van der Waals surface area contributed by atoms with Crippen LogP contribution in [0.2, 0.25) is 5.02 Å². The zero-order valence-corrected chi connectivity index (χ0v) is 17.0. The molecule has 3 rings (SSSR count). The number of nitrogens with zero attached hydrogens (tertiary/aromatic N) is 2. The molecule has 1 heterocycles. The van der Waals surface area contributed by atoms with Crippen molar-refractivity contribution in [3.05, 3.63) is 77.1 Å². The first-order valence-corrected chi connectivity index (χ1v) is 9.77. The van der Waals surface area contributed by atoms with Crippen molar-refractivity contribution >= 4 is 40.3 Å². The van der Waals surface area contributed by atoms with Crippen LogP contribution in [0.5, 0.6) is 0 Å².